The first-order chi connectivity index (χ1) is 9.16. The van der Waals surface area contributed by atoms with Gasteiger partial charge in [-0.25, -0.2) is 0 Å². The van der Waals surface area contributed by atoms with Crippen LogP contribution in [0.3, 0.4) is 0 Å². The summed E-state index contributed by atoms with van der Waals surface area (Å²) in [5, 5.41) is 11.2. The quantitative estimate of drug-likeness (QED) is 0.750. The summed E-state index contributed by atoms with van der Waals surface area (Å²) in [5.74, 6) is 0.900. The van der Waals surface area contributed by atoms with Crippen molar-refractivity contribution in [2.75, 3.05) is 0 Å². The molecule has 0 heterocycles. The molecule has 1 N–H and O–H groups in total. The highest BCUT2D eigenvalue weighted by Crippen LogP contribution is 2.64. The number of ether oxygens (including phenoxy) is 1. The van der Waals surface area contributed by atoms with Crippen LogP contribution in [0.5, 0.6) is 0 Å². The molecule has 0 radical (unpaired) electrons. The SMILES string of the molecule is CC(=O)O[C@@H]1CC[C@@]2(O)C[C@]1(C)CC[C@@H]1[C@@H]2CC1(C)C. The maximum absolute atomic E-state index is 11.3. The van der Waals surface area contributed by atoms with Crippen LogP contribution in [-0.4, -0.2) is 22.8 Å². The lowest BCUT2D eigenvalue weighted by Crippen LogP contribution is -2.58. The van der Waals surface area contributed by atoms with Crippen LogP contribution >= 0.6 is 0 Å². The third-order valence-corrected chi connectivity index (χ3v) is 6.59. The van der Waals surface area contributed by atoms with E-state index in [0.29, 0.717) is 17.3 Å². The Morgan fingerprint density at radius 3 is 2.45 bits per heavy atom. The topological polar surface area (TPSA) is 46.5 Å². The number of aliphatic hydroxyl groups is 1. The third-order valence-electron chi connectivity index (χ3n) is 6.59. The molecule has 3 nitrogen and oxygen atoms in total. The largest absolute Gasteiger partial charge is 0.462 e. The summed E-state index contributed by atoms with van der Waals surface area (Å²) >= 11 is 0. The predicted molar refractivity (Wildman–Crippen MR) is 77.1 cm³/mol. The van der Waals surface area contributed by atoms with Gasteiger partial charge in [0.25, 0.3) is 0 Å². The Labute approximate surface area is 122 Å². The van der Waals surface area contributed by atoms with E-state index in [1.54, 1.807) is 0 Å². The van der Waals surface area contributed by atoms with Gasteiger partial charge in [-0.15, -0.1) is 0 Å². The van der Waals surface area contributed by atoms with Crippen LogP contribution in [0.15, 0.2) is 0 Å². The van der Waals surface area contributed by atoms with Gasteiger partial charge in [0.15, 0.2) is 0 Å². The average Bonchev–Trinajstić information content (AvgIpc) is 2.37. The van der Waals surface area contributed by atoms with Crippen LogP contribution in [0, 0.1) is 22.7 Å². The zero-order chi connectivity index (χ0) is 14.8. The van der Waals surface area contributed by atoms with E-state index >= 15 is 0 Å². The van der Waals surface area contributed by atoms with Crippen molar-refractivity contribution in [2.24, 2.45) is 22.7 Å². The second kappa shape index (κ2) is 4.22. The van der Waals surface area contributed by atoms with Crippen molar-refractivity contribution >= 4 is 5.97 Å². The molecular formula is C17H28O3. The van der Waals surface area contributed by atoms with E-state index in [1.807, 2.05) is 0 Å². The zero-order valence-electron chi connectivity index (χ0n) is 13.2. The fourth-order valence-electron chi connectivity index (χ4n) is 5.48. The Hall–Kier alpha value is -0.570. The summed E-state index contributed by atoms with van der Waals surface area (Å²) in [7, 11) is 0. The van der Waals surface area contributed by atoms with Gasteiger partial charge in [-0.05, 0) is 55.8 Å². The number of carbonyl (C=O) groups is 1. The van der Waals surface area contributed by atoms with Crippen molar-refractivity contribution in [2.45, 2.75) is 77.9 Å². The van der Waals surface area contributed by atoms with Gasteiger partial charge in [0, 0.05) is 12.3 Å². The molecule has 3 fully saturated rings. The van der Waals surface area contributed by atoms with Crippen LogP contribution in [0.2, 0.25) is 0 Å². The van der Waals surface area contributed by atoms with Crippen molar-refractivity contribution < 1.29 is 14.6 Å². The Morgan fingerprint density at radius 1 is 1.15 bits per heavy atom. The van der Waals surface area contributed by atoms with Gasteiger partial charge in [0.05, 0.1) is 5.60 Å². The van der Waals surface area contributed by atoms with Crippen molar-refractivity contribution in [3.63, 3.8) is 0 Å². The fourth-order valence-corrected chi connectivity index (χ4v) is 5.48. The molecule has 0 unspecified atom stereocenters. The lowest BCUT2D eigenvalue weighted by atomic mass is 9.49. The minimum atomic E-state index is -0.526. The highest BCUT2D eigenvalue weighted by molar-refractivity contribution is 5.66. The maximum Gasteiger partial charge on any atom is 0.302 e. The second-order valence-electron chi connectivity index (χ2n) is 8.52. The highest BCUT2D eigenvalue weighted by Gasteiger charge is 2.62. The summed E-state index contributed by atoms with van der Waals surface area (Å²) in [6, 6.07) is 0. The van der Waals surface area contributed by atoms with Crippen LogP contribution < -0.4 is 0 Å². The minimum Gasteiger partial charge on any atom is -0.462 e. The Balaban J connectivity index is 1.87. The Bertz CT molecular complexity index is 430. The first-order valence-electron chi connectivity index (χ1n) is 8.06. The number of carbonyl (C=O) groups excluding carboxylic acids is 1. The molecule has 2 bridgehead atoms. The summed E-state index contributed by atoms with van der Waals surface area (Å²) in [6.07, 6.45) is 5.76. The molecule has 0 aliphatic heterocycles. The summed E-state index contributed by atoms with van der Waals surface area (Å²) in [4.78, 5) is 11.3. The number of hydrogen-bond donors (Lipinski definition) is 1. The van der Waals surface area contributed by atoms with E-state index in [1.165, 1.54) is 6.92 Å². The van der Waals surface area contributed by atoms with E-state index < -0.39 is 5.60 Å². The predicted octanol–water partition coefficient (Wildman–Crippen LogP) is 3.30. The highest BCUT2D eigenvalue weighted by atomic mass is 16.5. The van der Waals surface area contributed by atoms with Gasteiger partial charge < -0.3 is 9.84 Å². The number of hydrogen-bond acceptors (Lipinski definition) is 3. The van der Waals surface area contributed by atoms with Gasteiger partial charge in [0.1, 0.15) is 6.10 Å². The van der Waals surface area contributed by atoms with Gasteiger partial charge in [0.2, 0.25) is 0 Å². The molecule has 20 heavy (non-hydrogen) atoms. The lowest BCUT2D eigenvalue weighted by molar-refractivity contribution is -0.188. The van der Waals surface area contributed by atoms with Crippen LogP contribution in [0.1, 0.15) is 66.2 Å². The monoisotopic (exact) mass is 280 g/mol. The molecule has 0 saturated heterocycles. The Morgan fingerprint density at radius 2 is 1.85 bits per heavy atom. The molecule has 0 aromatic heterocycles. The first kappa shape index (κ1) is 14.4. The van der Waals surface area contributed by atoms with E-state index in [0.717, 1.165) is 38.5 Å². The van der Waals surface area contributed by atoms with Crippen LogP contribution in [0.25, 0.3) is 0 Å². The fraction of sp³-hybridized carbons (Fsp3) is 0.941. The van der Waals surface area contributed by atoms with Gasteiger partial charge in [-0.3, -0.25) is 4.79 Å². The molecule has 3 heteroatoms. The van der Waals surface area contributed by atoms with Crippen molar-refractivity contribution in [1.29, 1.82) is 0 Å². The number of fused-ring (bicyclic) bond motifs is 4. The third kappa shape index (κ3) is 2.01. The standard InChI is InChI=1S/C17H28O3/c1-11(18)20-14-6-8-17(19)10-16(14,4)7-5-12-13(17)9-15(12,2)3/h12-14,19H,5-10H2,1-4H3/t12-,13+,14-,16+,17-/m1/s1. The van der Waals surface area contributed by atoms with Gasteiger partial charge >= 0.3 is 5.97 Å². The smallest absolute Gasteiger partial charge is 0.302 e. The van der Waals surface area contributed by atoms with Crippen molar-refractivity contribution in [3.8, 4) is 0 Å². The van der Waals surface area contributed by atoms with E-state index in [4.69, 9.17) is 4.74 Å². The number of rotatable bonds is 1. The summed E-state index contributed by atoms with van der Waals surface area (Å²) in [6.45, 7) is 8.37. The molecule has 0 spiro atoms. The molecule has 0 aromatic rings. The van der Waals surface area contributed by atoms with Crippen LogP contribution in [0.4, 0.5) is 0 Å². The number of esters is 1. The Kier molecular flexibility index (Phi) is 3.03. The van der Waals surface area contributed by atoms with Crippen LogP contribution in [-0.2, 0) is 9.53 Å². The molecular weight excluding hydrogens is 252 g/mol. The normalized spacial score (nSPS) is 49.5. The average molecular weight is 280 g/mol. The van der Waals surface area contributed by atoms with Crippen molar-refractivity contribution in [1.82, 2.24) is 0 Å². The molecule has 0 amide bonds. The first-order valence-corrected chi connectivity index (χ1v) is 8.06. The van der Waals surface area contributed by atoms with Gasteiger partial charge in [-0.1, -0.05) is 20.8 Å². The summed E-state index contributed by atoms with van der Waals surface area (Å²) in [5.41, 5.74) is -0.209. The van der Waals surface area contributed by atoms with Crippen molar-refractivity contribution in [3.05, 3.63) is 0 Å². The summed E-state index contributed by atoms with van der Waals surface area (Å²) < 4.78 is 5.57. The zero-order valence-corrected chi connectivity index (χ0v) is 13.2. The molecule has 3 aliphatic rings. The molecule has 5 atom stereocenters. The van der Waals surface area contributed by atoms with E-state index in [9.17, 15) is 9.90 Å². The van der Waals surface area contributed by atoms with Gasteiger partial charge in [-0.2, -0.15) is 0 Å². The van der Waals surface area contributed by atoms with E-state index in [2.05, 4.69) is 20.8 Å². The molecule has 114 valence electrons. The second-order valence-corrected chi connectivity index (χ2v) is 8.52. The minimum absolute atomic E-state index is 0.0131. The molecule has 0 aromatic carbocycles. The lowest BCUT2D eigenvalue weighted by Gasteiger charge is -2.58. The molecule has 3 rings (SSSR count). The molecule has 3 saturated carbocycles. The van der Waals surface area contributed by atoms with E-state index in [-0.39, 0.29) is 17.5 Å². The maximum atomic E-state index is 11.3. The molecule has 3 aliphatic carbocycles.